The van der Waals surface area contributed by atoms with Gasteiger partial charge in [-0.3, -0.25) is 4.79 Å². The number of phenolic OH excluding ortho intramolecular Hbond substituents is 2. The minimum atomic E-state index is -2.03. The van der Waals surface area contributed by atoms with Crippen molar-refractivity contribution >= 4 is 54.9 Å². The van der Waals surface area contributed by atoms with Crippen molar-refractivity contribution in [3.05, 3.63) is 178 Å². The van der Waals surface area contributed by atoms with Gasteiger partial charge in [0.15, 0.2) is 5.60 Å². The quantitative estimate of drug-likeness (QED) is 0.0139. The monoisotopic (exact) mass is 1620 g/mol. The maximum absolute atomic E-state index is 14.3. The number of carbonyl (C=O) groups excluding carboxylic acids is 2. The number of nitrogens with one attached hydrogen (secondary N) is 1. The molecule has 0 saturated heterocycles. The zero-order valence-corrected chi connectivity index (χ0v) is 69.9. The molecule has 5 atom stereocenters. The van der Waals surface area contributed by atoms with E-state index in [0.717, 1.165) is 34.7 Å². The lowest BCUT2D eigenvalue weighted by molar-refractivity contribution is -0.891. The Morgan fingerprint density at radius 3 is 1.24 bits per heavy atom. The van der Waals surface area contributed by atoms with Crippen LogP contribution in [0.3, 0.4) is 0 Å². The number of methoxy groups -OCH3 is 2. The number of likely N-dealkylation sites (N-methyl/N-ethyl adjacent to an activating group) is 4. The highest BCUT2D eigenvalue weighted by molar-refractivity contribution is 7.42. The lowest BCUT2D eigenvalue weighted by atomic mass is 9.77. The number of esters is 1. The van der Waals surface area contributed by atoms with Crippen LogP contribution in [0.2, 0.25) is 0 Å². The van der Waals surface area contributed by atoms with Crippen LogP contribution >= 0.6 is 43.0 Å². The van der Waals surface area contributed by atoms with E-state index in [1.807, 2.05) is 42.5 Å². The van der Waals surface area contributed by atoms with Gasteiger partial charge in [-0.25, -0.2) is 4.79 Å². The molecule has 0 aromatic heterocycles. The van der Waals surface area contributed by atoms with Gasteiger partial charge in [0.25, 0.3) is 5.91 Å². The van der Waals surface area contributed by atoms with Crippen LogP contribution in [0, 0.1) is 0 Å². The number of rotatable bonds is 51. The summed E-state index contributed by atoms with van der Waals surface area (Å²) < 4.78 is 121. The highest BCUT2D eigenvalue weighted by atomic mass is 31.2. The minimum Gasteiger partial charge on any atom is -0.508 e. The van der Waals surface area contributed by atoms with Crippen LogP contribution in [0.15, 0.2) is 133 Å². The molecule has 0 saturated carbocycles. The van der Waals surface area contributed by atoms with Gasteiger partial charge in [-0.05, 0) is 77.4 Å². The van der Waals surface area contributed by atoms with Crippen molar-refractivity contribution in [1.82, 2.24) is 5.32 Å². The van der Waals surface area contributed by atoms with E-state index < -0.39 is 72.2 Å². The highest BCUT2D eigenvalue weighted by Gasteiger charge is 2.54. The maximum atomic E-state index is 14.3. The Bertz CT molecular complexity index is 3680. The van der Waals surface area contributed by atoms with Gasteiger partial charge in [-0.2, -0.15) is 0 Å². The third-order valence-electron chi connectivity index (χ3n) is 18.5. The average molecular weight is 1620 g/mol. The fourth-order valence-electron chi connectivity index (χ4n) is 11.8. The fourth-order valence-corrected chi connectivity index (χ4v) is 15.5. The number of nitrogens with zero attached hydrogens (tertiary/aromatic N) is 4. The molecule has 2 heterocycles. The van der Waals surface area contributed by atoms with Crippen molar-refractivity contribution in [1.29, 1.82) is 0 Å². The lowest BCUT2D eigenvalue weighted by Gasteiger charge is -2.37. The molecule has 1 amide bonds. The number of carbonyl (C=O) groups is 2. The number of phenols is 2. The van der Waals surface area contributed by atoms with Crippen molar-refractivity contribution in [3.8, 4) is 34.5 Å². The second-order valence-electron chi connectivity index (χ2n) is 28.0. The first kappa shape index (κ1) is 89.2. The molecular weight excluding hydrogens is 1510 g/mol. The Morgan fingerprint density at radius 1 is 0.450 bits per heavy atom. The van der Waals surface area contributed by atoms with E-state index in [-0.39, 0.29) is 60.5 Å². The normalized spacial score (nSPS) is 15.0. The Kier molecular flexibility index (Phi) is 34.9. The molecule has 6 aromatic rings. The number of benzene rings is 6. The van der Waals surface area contributed by atoms with Crippen molar-refractivity contribution in [2.75, 3.05) is 232 Å². The van der Waals surface area contributed by atoms with Gasteiger partial charge < -0.3 is 125 Å². The molecule has 3 N–H and O–H groups in total. The topological polar surface area (TPSA) is 271 Å². The predicted octanol–water partition coefficient (Wildman–Crippen LogP) is 12.3. The summed E-state index contributed by atoms with van der Waals surface area (Å²) in [5.74, 6) is 0.553. The van der Waals surface area contributed by atoms with Crippen LogP contribution in [-0.2, 0) is 88.5 Å². The zero-order chi connectivity index (χ0) is 78.8. The van der Waals surface area contributed by atoms with E-state index in [1.165, 1.54) is 44.6 Å². The lowest BCUT2D eigenvalue weighted by Crippen LogP contribution is -2.46. The molecule has 34 heteroatoms. The fraction of sp³-hybridized carbons (Fsp3) is 0.493. The maximum Gasteiger partial charge on any atom is 0.340 e. The zero-order valence-electron chi connectivity index (χ0n) is 65.4. The Hall–Kier alpha value is -5.39. The first-order valence-electron chi connectivity index (χ1n) is 35.4. The average Bonchev–Trinajstić information content (AvgIpc) is 1.60. The van der Waals surface area contributed by atoms with Crippen molar-refractivity contribution in [3.63, 3.8) is 0 Å². The van der Waals surface area contributed by atoms with Gasteiger partial charge in [0.1, 0.15) is 145 Å². The second-order valence-corrected chi connectivity index (χ2v) is 34.7. The van der Waals surface area contributed by atoms with Gasteiger partial charge in [-0.1, -0.05) is 60.7 Å². The van der Waals surface area contributed by atoms with Crippen LogP contribution in [-0.4, -0.2) is 278 Å². The molecule has 0 radical (unpaired) electrons. The largest absolute Gasteiger partial charge is 0.508 e. The Morgan fingerprint density at radius 2 is 0.826 bits per heavy atom. The van der Waals surface area contributed by atoms with Crippen LogP contribution in [0.4, 0.5) is 0 Å². The number of ether oxygens (including phenoxy) is 5. The van der Waals surface area contributed by atoms with Crippen LogP contribution in [0.1, 0.15) is 54.1 Å². The number of amides is 1. The molecule has 6 aromatic carbocycles. The Labute approximate surface area is 647 Å². The van der Waals surface area contributed by atoms with Gasteiger partial charge in [0.05, 0.1) is 89.4 Å². The smallest absolute Gasteiger partial charge is 0.340 e. The van der Waals surface area contributed by atoms with E-state index in [0.29, 0.717) is 120 Å². The third kappa shape index (κ3) is 25.6. The molecule has 0 aliphatic carbocycles. The first-order valence-corrected chi connectivity index (χ1v) is 40.9. The molecule has 109 heavy (non-hydrogen) atoms. The number of aromatic hydroxyl groups is 2. The molecule has 2 aliphatic heterocycles. The molecule has 2 aliphatic rings. The van der Waals surface area contributed by atoms with E-state index in [9.17, 15) is 19.8 Å². The van der Waals surface area contributed by atoms with Gasteiger partial charge in [0, 0.05) is 83.6 Å². The summed E-state index contributed by atoms with van der Waals surface area (Å²) >= 11 is 0. The summed E-state index contributed by atoms with van der Waals surface area (Å²) in [6.45, 7) is 7.63. The van der Waals surface area contributed by atoms with E-state index in [1.54, 1.807) is 66.9 Å². The molecule has 600 valence electrons. The number of hydrogen-bond donors (Lipinski definition) is 3. The molecule has 0 bridgehead atoms. The van der Waals surface area contributed by atoms with Crippen molar-refractivity contribution in [2.24, 2.45) is 0 Å². The van der Waals surface area contributed by atoms with Gasteiger partial charge in [0.2, 0.25) is 0 Å². The molecule has 8 rings (SSSR count). The summed E-state index contributed by atoms with van der Waals surface area (Å²) in [5, 5.41) is 23.8. The van der Waals surface area contributed by atoms with Crippen molar-refractivity contribution < 1.29 is 129 Å². The first-order chi connectivity index (χ1) is 52.2. The van der Waals surface area contributed by atoms with Crippen molar-refractivity contribution in [2.45, 2.75) is 17.3 Å². The minimum absolute atomic E-state index is 0.0780. The van der Waals surface area contributed by atoms with Crippen LogP contribution in [0.5, 0.6) is 34.5 Å². The second kappa shape index (κ2) is 42.6. The molecule has 5 unspecified atom stereocenters. The van der Waals surface area contributed by atoms with E-state index in [2.05, 4.69) is 98.1 Å². The molecule has 0 fully saturated rings. The molecular formula is C75H110N5O24P5+4. The number of hydrogen-bond acceptors (Lipinski definition) is 24. The summed E-state index contributed by atoms with van der Waals surface area (Å²) in [4.78, 5) is 28.3. The van der Waals surface area contributed by atoms with E-state index >= 15 is 0 Å². The van der Waals surface area contributed by atoms with E-state index in [4.69, 9.17) is 91.5 Å². The summed E-state index contributed by atoms with van der Waals surface area (Å²) in [6.07, 6.45) is -0.882. The standard InChI is InChI=1S/C75H107N5O24P5/c1-77(2,36-44-93-74(58-20-18-17-19-21-58,59-23-29-63(85-9)30-24-59)60-25-31-64(86-10)32-26-60)38-46-95-106(89-13)98-49-41-80(7,8)43-51-100-109(92-16)104-65(56-101-108(91-15)99-50-42-79(5,6)40-48-97-107(90-14)96-47-39-78(3,4)37-45-94-105(87-11)88-12)55-76-72(83)57-22-33-67-66(52-57)73(84)103-75(67)68-34-27-61(81)53-70(68)102-71-54-62(82)28-35-69(71)75/h17-35,52-54,65H,36-51,55-56H2,1-16H3/q+1/p+3. The highest BCUT2D eigenvalue weighted by Crippen LogP contribution is 2.57. The Balaban J connectivity index is 0.844. The number of quaternary nitrogens is 4. The third-order valence-corrected chi connectivity index (χ3v) is 23.8. The molecule has 1 spiro atoms. The summed E-state index contributed by atoms with van der Waals surface area (Å²) in [7, 11) is 20.6. The summed E-state index contributed by atoms with van der Waals surface area (Å²) in [6, 6.07) is 39.9. The predicted molar refractivity (Wildman–Crippen MR) is 415 cm³/mol. The summed E-state index contributed by atoms with van der Waals surface area (Å²) in [5.41, 5.74) is 2.04. The molecule has 29 nitrogen and oxygen atoms in total. The number of fused-ring (bicyclic) bond motifs is 6. The SMILES string of the molecule is COc1ccc(C(OCC[N+](C)(C)CCOP(OC)OCC[N+](C)(C)CCOP(OC)OC(CNC(=O)c2ccc3c(c2)C(=O)OC32c3ccc(O)cc3Oc3cc(O)ccc32)COP(OC)OCC[N+](C)(C)CCOP(OC)OCC[N+](C)(C)CCOP(OC)OC)(c2ccccc2)c2ccc(OC)cc2)cc1. The van der Waals surface area contributed by atoms with Gasteiger partial charge in [-0.15, -0.1) is 0 Å². The van der Waals surface area contributed by atoms with Gasteiger partial charge >= 0.3 is 49.0 Å². The van der Waals surface area contributed by atoms with Crippen LogP contribution < -0.4 is 19.5 Å². The van der Waals surface area contributed by atoms with Crippen LogP contribution in [0.25, 0.3) is 0 Å².